The summed E-state index contributed by atoms with van der Waals surface area (Å²) in [5, 5.41) is 0. The average molecular weight is 277 g/mol. The topological polar surface area (TPSA) is 77.5 Å². The van der Waals surface area contributed by atoms with E-state index >= 15 is 0 Å². The molecule has 0 bridgehead atoms. The Balaban J connectivity index is 3.50. The smallest absolute Gasteiger partial charge is 0.337 e. The van der Waals surface area contributed by atoms with E-state index < -0.39 is 15.0 Å². The molecule has 0 aliphatic rings. The summed E-state index contributed by atoms with van der Waals surface area (Å²) in [4.78, 5) is 22.2. The van der Waals surface area contributed by atoms with Crippen LogP contribution in [0.4, 0.5) is 0 Å². The fraction of sp³-hybridized carbons (Fsp3) is 0.200. The van der Waals surface area contributed by atoms with Crippen LogP contribution in [0, 0.1) is 0 Å². The molecular weight excluding hydrogens is 268 g/mol. The number of rotatable bonds is 3. The van der Waals surface area contributed by atoms with Crippen LogP contribution in [0.2, 0.25) is 0 Å². The first-order chi connectivity index (χ1) is 7.75. The highest BCUT2D eigenvalue weighted by molar-refractivity contribution is 8.13. The zero-order chi connectivity index (χ0) is 13.2. The predicted molar refractivity (Wildman–Crippen MR) is 60.8 cm³/mol. The second-order valence-electron chi connectivity index (χ2n) is 3.23. The molecule has 1 aromatic carbocycles. The molecule has 0 amide bonds. The molecule has 0 unspecified atom stereocenters. The summed E-state index contributed by atoms with van der Waals surface area (Å²) in [7, 11) is 2.30. The van der Waals surface area contributed by atoms with Gasteiger partial charge in [-0.2, -0.15) is 0 Å². The fourth-order valence-electron chi connectivity index (χ4n) is 1.18. The van der Waals surface area contributed by atoms with E-state index in [1.54, 1.807) is 0 Å². The number of Topliss-reactive ketones (excluding diaryl/α,β-unsaturated/α-hetero) is 1. The number of ether oxygens (including phenoxy) is 1. The fourth-order valence-corrected chi connectivity index (χ4v) is 1.98. The van der Waals surface area contributed by atoms with Crippen LogP contribution in [0.1, 0.15) is 27.6 Å². The highest BCUT2D eigenvalue weighted by Gasteiger charge is 2.17. The third-order valence-corrected chi connectivity index (χ3v) is 3.35. The summed E-state index contributed by atoms with van der Waals surface area (Å²) in [5.41, 5.74) is 0.0338. The number of methoxy groups -OCH3 is 1. The molecule has 0 spiro atoms. The number of hydrogen-bond donors (Lipinski definition) is 0. The van der Waals surface area contributed by atoms with Gasteiger partial charge in [-0.15, -0.1) is 0 Å². The van der Waals surface area contributed by atoms with Crippen LogP contribution in [-0.4, -0.2) is 27.3 Å². The van der Waals surface area contributed by atoms with Crippen LogP contribution in [0.3, 0.4) is 0 Å². The molecule has 7 heteroatoms. The third-order valence-electron chi connectivity index (χ3n) is 2.02. The minimum absolute atomic E-state index is 0.0422. The van der Waals surface area contributed by atoms with Gasteiger partial charge in [0.1, 0.15) is 0 Å². The van der Waals surface area contributed by atoms with Crippen molar-refractivity contribution in [3.05, 3.63) is 29.3 Å². The molecule has 0 aliphatic carbocycles. The normalized spacial score (nSPS) is 11.0. The second kappa shape index (κ2) is 4.85. The number of carbonyl (C=O) groups is 2. The van der Waals surface area contributed by atoms with Gasteiger partial charge in [-0.3, -0.25) is 4.79 Å². The van der Waals surface area contributed by atoms with Crippen LogP contribution in [0.5, 0.6) is 0 Å². The van der Waals surface area contributed by atoms with Crippen LogP contribution in [-0.2, 0) is 13.8 Å². The number of halogens is 1. The summed E-state index contributed by atoms with van der Waals surface area (Å²) < 4.78 is 26.8. The van der Waals surface area contributed by atoms with Gasteiger partial charge in [-0.1, -0.05) is 0 Å². The first kappa shape index (κ1) is 13.7. The molecule has 0 fully saturated rings. The van der Waals surface area contributed by atoms with E-state index in [2.05, 4.69) is 4.74 Å². The Morgan fingerprint density at radius 3 is 2.12 bits per heavy atom. The Labute approximate surface area is 103 Å². The Morgan fingerprint density at radius 2 is 1.71 bits per heavy atom. The highest BCUT2D eigenvalue weighted by Crippen LogP contribution is 2.20. The molecule has 0 radical (unpaired) electrons. The molecule has 5 nitrogen and oxygen atoms in total. The molecule has 0 N–H and O–H groups in total. The number of carbonyl (C=O) groups excluding carboxylic acids is 2. The van der Waals surface area contributed by atoms with Crippen molar-refractivity contribution in [3.8, 4) is 0 Å². The second-order valence-corrected chi connectivity index (χ2v) is 5.80. The van der Waals surface area contributed by atoms with Gasteiger partial charge in [0, 0.05) is 16.2 Å². The lowest BCUT2D eigenvalue weighted by Crippen LogP contribution is -2.06. The lowest BCUT2D eigenvalue weighted by atomic mass is 10.1. The summed E-state index contributed by atoms with van der Waals surface area (Å²) >= 11 is 0. The molecule has 92 valence electrons. The number of esters is 1. The Hall–Kier alpha value is -1.40. The largest absolute Gasteiger partial charge is 0.465 e. The van der Waals surface area contributed by atoms with Gasteiger partial charge in [-0.05, 0) is 25.1 Å². The van der Waals surface area contributed by atoms with Gasteiger partial charge >= 0.3 is 5.97 Å². The maximum atomic E-state index is 11.3. The van der Waals surface area contributed by atoms with E-state index in [0.717, 1.165) is 19.2 Å². The first-order valence-corrected chi connectivity index (χ1v) is 6.75. The van der Waals surface area contributed by atoms with E-state index in [1.807, 2.05) is 0 Å². The summed E-state index contributed by atoms with van der Waals surface area (Å²) in [6.45, 7) is 1.25. The van der Waals surface area contributed by atoms with Crippen molar-refractivity contribution in [1.82, 2.24) is 0 Å². The molecule has 0 aromatic heterocycles. The molecule has 1 rings (SSSR count). The molecule has 0 saturated heterocycles. The van der Waals surface area contributed by atoms with E-state index in [4.69, 9.17) is 10.7 Å². The molecule has 0 saturated carbocycles. The molecule has 0 aliphatic heterocycles. The van der Waals surface area contributed by atoms with Crippen molar-refractivity contribution in [2.45, 2.75) is 11.8 Å². The minimum atomic E-state index is -4.01. The van der Waals surface area contributed by atoms with Gasteiger partial charge in [0.25, 0.3) is 9.05 Å². The maximum absolute atomic E-state index is 11.3. The molecule has 0 atom stereocenters. The van der Waals surface area contributed by atoms with E-state index in [0.29, 0.717) is 0 Å². The maximum Gasteiger partial charge on any atom is 0.337 e. The number of hydrogen-bond acceptors (Lipinski definition) is 5. The SMILES string of the molecule is COC(=O)c1cc(C(C)=O)cc(S(=O)(=O)Cl)c1. The van der Waals surface area contributed by atoms with Crippen molar-refractivity contribution < 1.29 is 22.7 Å². The summed E-state index contributed by atoms with van der Waals surface area (Å²) in [6, 6.07) is 3.41. The molecule has 1 aromatic rings. The van der Waals surface area contributed by atoms with Crippen molar-refractivity contribution >= 4 is 31.5 Å². The van der Waals surface area contributed by atoms with Crippen LogP contribution in [0.25, 0.3) is 0 Å². The van der Waals surface area contributed by atoms with Crippen LogP contribution >= 0.6 is 10.7 Å². The van der Waals surface area contributed by atoms with Crippen LogP contribution < -0.4 is 0 Å². The van der Waals surface area contributed by atoms with Crippen LogP contribution in [0.15, 0.2) is 23.1 Å². The van der Waals surface area contributed by atoms with Crippen molar-refractivity contribution in [2.24, 2.45) is 0 Å². The molecule has 17 heavy (non-hydrogen) atoms. The van der Waals surface area contributed by atoms with Gasteiger partial charge in [0.05, 0.1) is 17.6 Å². The highest BCUT2D eigenvalue weighted by atomic mass is 35.7. The monoisotopic (exact) mass is 276 g/mol. The minimum Gasteiger partial charge on any atom is -0.465 e. The van der Waals surface area contributed by atoms with Gasteiger partial charge in [0.2, 0.25) is 0 Å². The van der Waals surface area contributed by atoms with E-state index in [-0.39, 0.29) is 21.8 Å². The van der Waals surface area contributed by atoms with Crippen molar-refractivity contribution in [3.63, 3.8) is 0 Å². The number of benzene rings is 1. The standard InChI is InChI=1S/C10H9ClO5S/c1-6(12)7-3-8(10(13)16-2)5-9(4-7)17(11,14)15/h3-5H,1-2H3. The zero-order valence-corrected chi connectivity index (χ0v) is 10.6. The lowest BCUT2D eigenvalue weighted by molar-refractivity contribution is 0.0600. The summed E-state index contributed by atoms with van der Waals surface area (Å²) in [5.74, 6) is -1.12. The van der Waals surface area contributed by atoms with Crippen molar-refractivity contribution in [2.75, 3.05) is 7.11 Å². The average Bonchev–Trinajstić information content (AvgIpc) is 2.26. The quantitative estimate of drug-likeness (QED) is 0.476. The number of ketones is 1. The van der Waals surface area contributed by atoms with Gasteiger partial charge in [0.15, 0.2) is 5.78 Å². The van der Waals surface area contributed by atoms with E-state index in [1.165, 1.54) is 13.0 Å². The Morgan fingerprint density at radius 1 is 1.18 bits per heavy atom. The lowest BCUT2D eigenvalue weighted by Gasteiger charge is -2.04. The first-order valence-electron chi connectivity index (χ1n) is 4.44. The molecule has 0 heterocycles. The Bertz CT molecular complexity index is 576. The predicted octanol–water partition coefficient (Wildman–Crippen LogP) is 1.60. The van der Waals surface area contributed by atoms with Gasteiger partial charge in [-0.25, -0.2) is 13.2 Å². The Kier molecular flexibility index (Phi) is 3.90. The summed E-state index contributed by atoms with van der Waals surface area (Å²) in [6.07, 6.45) is 0. The zero-order valence-electron chi connectivity index (χ0n) is 9.06. The van der Waals surface area contributed by atoms with E-state index in [9.17, 15) is 18.0 Å². The van der Waals surface area contributed by atoms with Gasteiger partial charge < -0.3 is 4.74 Å². The molecular formula is C10H9ClO5S. The third kappa shape index (κ3) is 3.28. The van der Waals surface area contributed by atoms with Crippen molar-refractivity contribution in [1.29, 1.82) is 0 Å².